The Balaban J connectivity index is 1.44. The lowest BCUT2D eigenvalue weighted by atomic mass is 10.0. The number of ether oxygens (including phenoxy) is 2. The second-order valence-electron chi connectivity index (χ2n) is 8.94. The van der Waals surface area contributed by atoms with E-state index in [0.29, 0.717) is 17.2 Å². The summed E-state index contributed by atoms with van der Waals surface area (Å²) < 4.78 is 13.5. The molecule has 1 aromatic heterocycles. The van der Waals surface area contributed by atoms with Crippen LogP contribution >= 0.6 is 11.8 Å². The van der Waals surface area contributed by atoms with Crippen LogP contribution in [0.1, 0.15) is 53.9 Å². The fourth-order valence-electron chi connectivity index (χ4n) is 4.03. The number of nitrogens with one attached hydrogen (secondary N) is 1. The maximum atomic E-state index is 12.1. The highest BCUT2D eigenvalue weighted by Gasteiger charge is 2.32. The molecule has 4 rings (SSSR count). The van der Waals surface area contributed by atoms with Gasteiger partial charge >= 0.3 is 5.97 Å². The molecule has 3 N–H and O–H groups in total. The summed E-state index contributed by atoms with van der Waals surface area (Å²) in [6, 6.07) is 20.4. The molecule has 3 aromatic rings. The van der Waals surface area contributed by atoms with E-state index in [1.807, 2.05) is 54.6 Å². The van der Waals surface area contributed by atoms with E-state index in [1.54, 1.807) is 12.1 Å². The molecule has 1 saturated heterocycles. The topological polar surface area (TPSA) is 132 Å². The van der Waals surface area contributed by atoms with Crippen LogP contribution in [-0.2, 0) is 32.2 Å². The number of carboxylic acid groups (broad SMARTS) is 1. The van der Waals surface area contributed by atoms with Crippen LogP contribution in [0.15, 0.2) is 78.0 Å². The molecule has 1 aliphatic rings. The normalized spacial score (nSPS) is 19.1. The molecule has 2 heterocycles. The average molecular weight is 539 g/mol. The molecule has 10 heteroatoms. The number of hydrogen-bond donors (Lipinski definition) is 3. The van der Waals surface area contributed by atoms with E-state index in [0.717, 1.165) is 27.0 Å². The van der Waals surface area contributed by atoms with Gasteiger partial charge in [-0.2, -0.15) is 4.73 Å². The van der Waals surface area contributed by atoms with Gasteiger partial charge in [-0.25, -0.2) is 0 Å². The number of thioether (sulfide) groups is 1. The van der Waals surface area contributed by atoms with Crippen molar-refractivity contribution in [3.05, 3.63) is 100 Å². The van der Waals surface area contributed by atoms with Gasteiger partial charge in [-0.05, 0) is 22.8 Å². The van der Waals surface area contributed by atoms with Crippen molar-refractivity contribution in [3.8, 4) is 0 Å². The van der Waals surface area contributed by atoms with Gasteiger partial charge in [0.05, 0.1) is 25.2 Å². The zero-order valence-corrected chi connectivity index (χ0v) is 21.5. The van der Waals surface area contributed by atoms with Crippen molar-refractivity contribution in [2.75, 3.05) is 5.75 Å². The fraction of sp³-hybridized carbons (Fsp3) is 0.321. The number of carbonyl (C=O) groups is 2. The Morgan fingerprint density at radius 2 is 1.68 bits per heavy atom. The van der Waals surface area contributed by atoms with Crippen LogP contribution in [0.25, 0.3) is 0 Å². The number of rotatable bonds is 11. The molecule has 200 valence electrons. The molecule has 2 aromatic carbocycles. The number of carbonyl (C=O) groups excluding carboxylic acids is 1. The Bertz CT molecular complexity index is 1220. The number of carboxylic acids is 1. The molecule has 0 bridgehead atoms. The van der Waals surface area contributed by atoms with Crippen molar-refractivity contribution in [2.45, 2.75) is 55.9 Å². The minimum absolute atomic E-state index is 0.0323. The van der Waals surface area contributed by atoms with Gasteiger partial charge in [0.1, 0.15) is 0 Å². The highest BCUT2D eigenvalue weighted by molar-refractivity contribution is 7.99. The number of amides is 1. The largest absolute Gasteiger partial charge is 0.618 e. The molecule has 0 spiro atoms. The van der Waals surface area contributed by atoms with Crippen LogP contribution in [0.3, 0.4) is 0 Å². The number of hydrogen-bond acceptors (Lipinski definition) is 7. The van der Waals surface area contributed by atoms with Gasteiger partial charge in [-0.1, -0.05) is 60.3 Å². The standard InChI is InChI=1S/C28H30N2O7S/c31-17-20-6-8-21(9-7-20)24-15-23(18-38-26-3-1-2-14-30(26)35)36-28(37-24)22-10-4-19(5-11-22)16-29-25(32)12-13-27(33)34/h1-11,14,23-24,28,31H,12-13,15-18H2,(H,29,32)(H,33,34)/t23-,24+,28+/m0/s1. The first-order valence-corrected chi connectivity index (χ1v) is 13.3. The quantitative estimate of drug-likeness (QED) is 0.192. The molecule has 0 unspecified atom stereocenters. The lowest BCUT2D eigenvalue weighted by Gasteiger charge is -2.36. The van der Waals surface area contributed by atoms with Crippen molar-refractivity contribution in [1.29, 1.82) is 0 Å². The van der Waals surface area contributed by atoms with Crippen molar-refractivity contribution in [1.82, 2.24) is 5.32 Å². The maximum Gasteiger partial charge on any atom is 0.303 e. The fourth-order valence-corrected chi connectivity index (χ4v) is 4.96. The summed E-state index contributed by atoms with van der Waals surface area (Å²) in [6.45, 7) is 0.256. The number of aliphatic hydroxyl groups excluding tert-OH is 1. The van der Waals surface area contributed by atoms with Gasteiger partial charge in [0.15, 0.2) is 12.5 Å². The molecule has 0 aliphatic carbocycles. The number of pyridine rings is 1. The van der Waals surface area contributed by atoms with Gasteiger partial charge in [0.25, 0.3) is 5.03 Å². The first kappa shape index (κ1) is 27.6. The monoisotopic (exact) mass is 538 g/mol. The van der Waals surface area contributed by atoms with E-state index in [-0.39, 0.29) is 44.1 Å². The molecule has 1 aliphatic heterocycles. The third-order valence-corrected chi connectivity index (χ3v) is 7.28. The molecule has 3 atom stereocenters. The van der Waals surface area contributed by atoms with Gasteiger partial charge in [0.2, 0.25) is 5.91 Å². The molecule has 1 fully saturated rings. The number of aliphatic hydroxyl groups is 1. The minimum atomic E-state index is -1.01. The Hall–Kier alpha value is -3.44. The molecule has 1 amide bonds. The van der Waals surface area contributed by atoms with Gasteiger partial charge in [0, 0.05) is 42.8 Å². The van der Waals surface area contributed by atoms with E-state index in [1.165, 1.54) is 18.0 Å². The number of benzene rings is 2. The molecular weight excluding hydrogens is 508 g/mol. The SMILES string of the molecule is O=C(O)CCC(=O)NCc1ccc([C@@H]2O[C@H](CSc3cccc[n+]3[O-])C[C@H](c3ccc(CO)cc3)O2)cc1. The van der Waals surface area contributed by atoms with Crippen LogP contribution in [0, 0.1) is 5.21 Å². The molecule has 38 heavy (non-hydrogen) atoms. The van der Waals surface area contributed by atoms with E-state index in [9.17, 15) is 19.9 Å². The summed E-state index contributed by atoms with van der Waals surface area (Å²) in [5.41, 5.74) is 3.47. The zero-order valence-electron chi connectivity index (χ0n) is 20.7. The molecule has 9 nitrogen and oxygen atoms in total. The van der Waals surface area contributed by atoms with Crippen LogP contribution in [-0.4, -0.2) is 33.9 Å². The summed E-state index contributed by atoms with van der Waals surface area (Å²) in [4.78, 5) is 22.4. The number of nitrogens with zero attached hydrogens (tertiary/aromatic N) is 1. The van der Waals surface area contributed by atoms with Gasteiger partial charge in [-0.15, -0.1) is 0 Å². The summed E-state index contributed by atoms with van der Waals surface area (Å²) in [5.74, 6) is -0.756. The Morgan fingerprint density at radius 3 is 2.37 bits per heavy atom. The highest BCUT2D eigenvalue weighted by atomic mass is 32.2. The average Bonchev–Trinajstić information content (AvgIpc) is 2.94. The highest BCUT2D eigenvalue weighted by Crippen LogP contribution is 2.39. The van der Waals surface area contributed by atoms with E-state index in [4.69, 9.17) is 14.6 Å². The zero-order chi connectivity index (χ0) is 26.9. The lowest BCUT2D eigenvalue weighted by Crippen LogP contribution is -2.32. The summed E-state index contributed by atoms with van der Waals surface area (Å²) in [7, 11) is 0. The van der Waals surface area contributed by atoms with E-state index in [2.05, 4.69) is 5.32 Å². The summed E-state index contributed by atoms with van der Waals surface area (Å²) in [6.07, 6.45) is 0.748. The minimum Gasteiger partial charge on any atom is -0.618 e. The molecular formula is C28H30N2O7S. The van der Waals surface area contributed by atoms with Crippen LogP contribution < -0.4 is 10.0 Å². The second kappa shape index (κ2) is 13.4. The third kappa shape index (κ3) is 7.78. The molecule has 0 radical (unpaired) electrons. The maximum absolute atomic E-state index is 12.1. The Morgan fingerprint density at radius 1 is 0.974 bits per heavy atom. The third-order valence-electron chi connectivity index (χ3n) is 6.13. The van der Waals surface area contributed by atoms with Crippen LogP contribution in [0.4, 0.5) is 0 Å². The molecule has 0 saturated carbocycles. The first-order chi connectivity index (χ1) is 18.4. The van der Waals surface area contributed by atoms with E-state index >= 15 is 0 Å². The number of aromatic nitrogens is 1. The van der Waals surface area contributed by atoms with Crippen molar-refractivity contribution >= 4 is 23.6 Å². The van der Waals surface area contributed by atoms with Crippen LogP contribution in [0.5, 0.6) is 0 Å². The Kier molecular flexibility index (Phi) is 9.72. The summed E-state index contributed by atoms with van der Waals surface area (Å²) in [5, 5.41) is 33.5. The first-order valence-electron chi connectivity index (χ1n) is 12.3. The predicted molar refractivity (Wildman–Crippen MR) is 140 cm³/mol. The van der Waals surface area contributed by atoms with Crippen molar-refractivity contribution in [2.24, 2.45) is 0 Å². The predicted octanol–water partition coefficient (Wildman–Crippen LogP) is 3.63. The van der Waals surface area contributed by atoms with Crippen molar-refractivity contribution in [3.63, 3.8) is 0 Å². The van der Waals surface area contributed by atoms with E-state index < -0.39 is 12.3 Å². The Labute approximate surface area is 225 Å². The summed E-state index contributed by atoms with van der Waals surface area (Å²) >= 11 is 1.43. The smallest absolute Gasteiger partial charge is 0.303 e. The van der Waals surface area contributed by atoms with Gasteiger partial charge < -0.3 is 30.2 Å². The second-order valence-corrected chi connectivity index (χ2v) is 9.98. The van der Waals surface area contributed by atoms with Gasteiger partial charge in [-0.3, -0.25) is 9.59 Å². The number of aliphatic carboxylic acids is 1. The lowest BCUT2D eigenvalue weighted by molar-refractivity contribution is -0.645. The van der Waals surface area contributed by atoms with Crippen molar-refractivity contribution < 1.29 is 34.0 Å². The van der Waals surface area contributed by atoms with Crippen LogP contribution in [0.2, 0.25) is 0 Å².